The number of aryl methyl sites for hydroxylation is 1. The zero-order chi connectivity index (χ0) is 26.9. The third-order valence-corrected chi connectivity index (χ3v) is 5.43. The van der Waals surface area contributed by atoms with Crippen LogP contribution < -0.4 is 21.1 Å². The Labute approximate surface area is 212 Å². The van der Waals surface area contributed by atoms with E-state index in [0.717, 1.165) is 16.7 Å². The maximum absolute atomic E-state index is 15.2. The largest absolute Gasteiger partial charge is 0.454 e. The number of benzene rings is 1. The van der Waals surface area contributed by atoms with E-state index in [9.17, 15) is 9.59 Å². The molecule has 3 aromatic heterocycles. The van der Waals surface area contributed by atoms with Crippen LogP contribution in [0.3, 0.4) is 0 Å². The third kappa shape index (κ3) is 5.40. The molecule has 4 rings (SSSR count). The van der Waals surface area contributed by atoms with Crippen LogP contribution in [0.2, 0.25) is 0 Å². The van der Waals surface area contributed by atoms with Gasteiger partial charge in [-0.1, -0.05) is 20.8 Å². The lowest BCUT2D eigenvalue weighted by Gasteiger charge is -2.22. The third-order valence-electron chi connectivity index (χ3n) is 5.43. The fourth-order valence-electron chi connectivity index (χ4n) is 3.49. The van der Waals surface area contributed by atoms with Crippen molar-refractivity contribution < 1.29 is 18.7 Å². The predicted molar refractivity (Wildman–Crippen MR) is 136 cm³/mol. The van der Waals surface area contributed by atoms with Gasteiger partial charge in [-0.2, -0.15) is 5.10 Å². The molecule has 0 radical (unpaired) electrons. The van der Waals surface area contributed by atoms with Gasteiger partial charge in [0.1, 0.15) is 17.3 Å². The molecule has 0 bridgehead atoms. The number of amides is 3. The van der Waals surface area contributed by atoms with E-state index < -0.39 is 17.8 Å². The maximum atomic E-state index is 15.2. The Balaban J connectivity index is 1.76. The van der Waals surface area contributed by atoms with Crippen molar-refractivity contribution in [3.63, 3.8) is 0 Å². The summed E-state index contributed by atoms with van der Waals surface area (Å²) < 4.78 is 22.3. The summed E-state index contributed by atoms with van der Waals surface area (Å²) in [6, 6.07) is 11.2. The van der Waals surface area contributed by atoms with Gasteiger partial charge in [0.25, 0.3) is 5.91 Å². The number of rotatable bonds is 6. The molecule has 0 saturated heterocycles. The van der Waals surface area contributed by atoms with Crippen molar-refractivity contribution >= 4 is 23.4 Å². The van der Waals surface area contributed by atoms with Gasteiger partial charge < -0.3 is 16.2 Å². The normalized spacial score (nSPS) is 11.3. The second kappa shape index (κ2) is 9.69. The van der Waals surface area contributed by atoms with Crippen LogP contribution in [0, 0.1) is 12.7 Å². The Hall–Kier alpha value is -4.80. The van der Waals surface area contributed by atoms with Crippen molar-refractivity contribution in [2.24, 2.45) is 11.5 Å². The minimum absolute atomic E-state index is 0.0251. The average molecular weight is 504 g/mol. The Morgan fingerprint density at radius 1 is 1.03 bits per heavy atom. The maximum Gasteiger partial charge on any atom is 0.325 e. The highest BCUT2D eigenvalue weighted by Gasteiger charge is 2.27. The van der Waals surface area contributed by atoms with E-state index in [2.05, 4.69) is 9.97 Å². The monoisotopic (exact) mass is 503 g/mol. The standard InChI is InChI=1S/C26H26FN7O3/c1-15-5-6-17(14-31-15)34-23(13-22(32-34)26(2,3)4)33(25(29)36)16-7-8-21(19(27)11-16)37-18-9-10-30-20(12-18)24(28)35/h5-14H,1-4H3,(H2,28,35)(H2,29,36). The molecule has 0 spiro atoms. The van der Waals surface area contributed by atoms with Gasteiger partial charge in [0.2, 0.25) is 0 Å². The fraction of sp³-hybridized carbons (Fsp3) is 0.192. The van der Waals surface area contributed by atoms with Crippen LogP contribution in [-0.2, 0) is 5.41 Å². The lowest BCUT2D eigenvalue weighted by Crippen LogP contribution is -2.33. The SMILES string of the molecule is Cc1ccc(-n2nc(C(C)(C)C)cc2N(C(N)=O)c2ccc(Oc3ccnc(C(N)=O)c3)c(F)c2)cn1. The van der Waals surface area contributed by atoms with Crippen LogP contribution >= 0.6 is 0 Å². The van der Waals surface area contributed by atoms with E-state index in [4.69, 9.17) is 21.3 Å². The molecule has 0 fully saturated rings. The summed E-state index contributed by atoms with van der Waals surface area (Å²) in [5.41, 5.74) is 12.9. The molecule has 0 saturated carbocycles. The number of primary amides is 2. The minimum atomic E-state index is -0.838. The Kier molecular flexibility index (Phi) is 6.62. The molecule has 0 aliphatic carbocycles. The molecule has 1 aromatic carbocycles. The molecule has 0 aliphatic heterocycles. The molecular weight excluding hydrogens is 477 g/mol. The number of halogens is 1. The second-order valence-electron chi connectivity index (χ2n) is 9.34. The predicted octanol–water partition coefficient (Wildman–Crippen LogP) is 4.52. The number of carbonyl (C=O) groups excluding carboxylic acids is 2. The van der Waals surface area contributed by atoms with Crippen LogP contribution in [0.4, 0.5) is 20.7 Å². The summed E-state index contributed by atoms with van der Waals surface area (Å²) in [4.78, 5) is 33.4. The average Bonchev–Trinajstić information content (AvgIpc) is 3.27. The summed E-state index contributed by atoms with van der Waals surface area (Å²) >= 11 is 0. The van der Waals surface area contributed by atoms with Gasteiger partial charge in [-0.25, -0.2) is 18.8 Å². The number of nitrogens with two attached hydrogens (primary N) is 2. The lowest BCUT2D eigenvalue weighted by atomic mass is 9.92. The zero-order valence-corrected chi connectivity index (χ0v) is 20.8. The molecule has 0 unspecified atom stereocenters. The molecule has 3 heterocycles. The van der Waals surface area contributed by atoms with E-state index in [0.29, 0.717) is 17.2 Å². The quantitative estimate of drug-likeness (QED) is 0.396. The molecule has 4 aromatic rings. The van der Waals surface area contributed by atoms with Crippen LogP contribution in [0.5, 0.6) is 11.5 Å². The number of urea groups is 1. The molecule has 37 heavy (non-hydrogen) atoms. The molecule has 190 valence electrons. The highest BCUT2D eigenvalue weighted by molar-refractivity contribution is 5.98. The first kappa shape index (κ1) is 25.3. The lowest BCUT2D eigenvalue weighted by molar-refractivity contribution is 0.0995. The van der Waals surface area contributed by atoms with Crippen molar-refractivity contribution in [3.8, 4) is 17.2 Å². The first-order chi connectivity index (χ1) is 17.4. The smallest absolute Gasteiger partial charge is 0.325 e. The van der Waals surface area contributed by atoms with Crippen LogP contribution in [0.25, 0.3) is 5.69 Å². The highest BCUT2D eigenvalue weighted by Crippen LogP contribution is 2.35. The van der Waals surface area contributed by atoms with Gasteiger partial charge in [-0.3, -0.25) is 14.8 Å². The van der Waals surface area contributed by atoms with E-state index in [1.807, 2.05) is 39.8 Å². The summed E-state index contributed by atoms with van der Waals surface area (Å²) in [7, 11) is 0. The van der Waals surface area contributed by atoms with Crippen molar-refractivity contribution in [1.29, 1.82) is 0 Å². The van der Waals surface area contributed by atoms with E-state index >= 15 is 4.39 Å². The van der Waals surface area contributed by atoms with Gasteiger partial charge in [0.15, 0.2) is 11.6 Å². The topological polar surface area (TPSA) is 142 Å². The molecule has 10 nitrogen and oxygen atoms in total. The van der Waals surface area contributed by atoms with Gasteiger partial charge in [0, 0.05) is 35.5 Å². The van der Waals surface area contributed by atoms with Crippen LogP contribution in [0.15, 0.2) is 60.9 Å². The molecule has 0 atom stereocenters. The molecule has 3 amide bonds. The zero-order valence-electron chi connectivity index (χ0n) is 20.8. The summed E-state index contributed by atoms with van der Waals surface area (Å²) in [6.07, 6.45) is 2.95. The van der Waals surface area contributed by atoms with Gasteiger partial charge in [0.05, 0.1) is 23.3 Å². The minimum Gasteiger partial charge on any atom is -0.454 e. The van der Waals surface area contributed by atoms with Crippen molar-refractivity contribution in [3.05, 3.63) is 83.8 Å². The molecule has 11 heteroatoms. The number of ether oxygens (including phenoxy) is 1. The Bertz CT molecular complexity index is 1480. The summed E-state index contributed by atoms with van der Waals surface area (Å²) in [5, 5.41) is 4.69. The van der Waals surface area contributed by atoms with E-state index in [-0.39, 0.29) is 28.3 Å². The second-order valence-corrected chi connectivity index (χ2v) is 9.34. The first-order valence-corrected chi connectivity index (χ1v) is 11.3. The van der Waals surface area contributed by atoms with E-state index in [1.54, 1.807) is 16.9 Å². The molecular formula is C26H26FN7O3. The highest BCUT2D eigenvalue weighted by atomic mass is 19.1. The Morgan fingerprint density at radius 3 is 2.38 bits per heavy atom. The van der Waals surface area contributed by atoms with Crippen molar-refractivity contribution in [2.75, 3.05) is 4.90 Å². The number of aromatic nitrogens is 4. The number of nitrogens with zero attached hydrogens (tertiary/aromatic N) is 5. The van der Waals surface area contributed by atoms with Crippen molar-refractivity contribution in [1.82, 2.24) is 19.7 Å². The van der Waals surface area contributed by atoms with Crippen LogP contribution in [0.1, 0.15) is 42.6 Å². The van der Waals surface area contributed by atoms with Gasteiger partial charge >= 0.3 is 6.03 Å². The van der Waals surface area contributed by atoms with E-state index in [1.165, 1.54) is 30.5 Å². The molecule has 4 N–H and O–H groups in total. The number of anilines is 2. The molecule has 0 aliphatic rings. The van der Waals surface area contributed by atoms with Crippen molar-refractivity contribution in [2.45, 2.75) is 33.1 Å². The number of hydrogen-bond acceptors (Lipinski definition) is 6. The van der Waals surface area contributed by atoms with Crippen LogP contribution in [-0.4, -0.2) is 31.7 Å². The Morgan fingerprint density at radius 2 is 1.78 bits per heavy atom. The van der Waals surface area contributed by atoms with Gasteiger partial charge in [-0.05, 0) is 37.3 Å². The van der Waals surface area contributed by atoms with Gasteiger partial charge in [-0.15, -0.1) is 0 Å². The number of carbonyl (C=O) groups is 2. The number of hydrogen-bond donors (Lipinski definition) is 2. The fourth-order valence-corrected chi connectivity index (χ4v) is 3.49. The summed E-state index contributed by atoms with van der Waals surface area (Å²) in [6.45, 7) is 7.82. The number of pyridine rings is 2. The summed E-state index contributed by atoms with van der Waals surface area (Å²) in [5.74, 6) is -1.16. The first-order valence-electron chi connectivity index (χ1n) is 11.3.